The van der Waals surface area contributed by atoms with Crippen LogP contribution in [0.4, 0.5) is 0 Å². The average Bonchev–Trinajstić information content (AvgIpc) is 2.39. The summed E-state index contributed by atoms with van der Waals surface area (Å²) in [5.41, 5.74) is 4.62. The molecule has 1 aliphatic heterocycles. The van der Waals surface area contributed by atoms with Crippen molar-refractivity contribution in [2.45, 2.75) is 33.6 Å². The van der Waals surface area contributed by atoms with Crippen LogP contribution in [0, 0.1) is 5.41 Å². The van der Waals surface area contributed by atoms with E-state index in [0.717, 1.165) is 6.42 Å². The molecule has 0 radical (unpaired) electrons. The fraction of sp³-hybridized carbons (Fsp3) is 0.500. The van der Waals surface area contributed by atoms with Gasteiger partial charge < -0.3 is 4.74 Å². The maximum atomic E-state index is 5.24. The van der Waals surface area contributed by atoms with Gasteiger partial charge in [-0.2, -0.15) is 0 Å². The fourth-order valence-corrected chi connectivity index (χ4v) is 2.24. The molecule has 0 aromatic heterocycles. The van der Waals surface area contributed by atoms with Crippen molar-refractivity contribution < 1.29 is 4.74 Å². The van der Waals surface area contributed by atoms with Crippen LogP contribution in [-0.4, -0.2) is 0 Å². The molecule has 0 saturated carbocycles. The molecule has 0 aromatic rings. The topological polar surface area (TPSA) is 9.23 Å². The zero-order valence-corrected chi connectivity index (χ0v) is 8.55. The maximum absolute atomic E-state index is 5.24. The van der Waals surface area contributed by atoms with E-state index in [1.165, 1.54) is 17.6 Å². The Kier molecular flexibility index (Phi) is 1.83. The maximum Gasteiger partial charge on any atom is 0.0944 e. The van der Waals surface area contributed by atoms with Gasteiger partial charge in [0.25, 0.3) is 0 Å². The predicted molar refractivity (Wildman–Crippen MR) is 54.0 cm³/mol. The van der Waals surface area contributed by atoms with E-state index in [1.807, 2.05) is 6.26 Å². The van der Waals surface area contributed by atoms with Crippen LogP contribution in [0.5, 0.6) is 0 Å². The normalized spacial score (nSPS) is 24.1. The quantitative estimate of drug-likeness (QED) is 0.593. The van der Waals surface area contributed by atoms with Crippen molar-refractivity contribution >= 4 is 0 Å². The first-order valence-electron chi connectivity index (χ1n) is 4.90. The zero-order valence-electron chi connectivity index (χ0n) is 8.55. The van der Waals surface area contributed by atoms with E-state index in [9.17, 15) is 0 Å². The summed E-state index contributed by atoms with van der Waals surface area (Å²) in [6.07, 6.45) is 8.11. The molecule has 0 aromatic carbocycles. The molecule has 2 rings (SSSR count). The van der Waals surface area contributed by atoms with E-state index < -0.39 is 0 Å². The summed E-state index contributed by atoms with van der Waals surface area (Å²) in [6.45, 7) is 6.79. The minimum Gasteiger partial charge on any atom is -0.472 e. The molecule has 1 heteroatoms. The predicted octanol–water partition coefficient (Wildman–Crippen LogP) is 3.55. The third kappa shape index (κ3) is 1.23. The largest absolute Gasteiger partial charge is 0.472 e. The molecular formula is C12H16O. The highest BCUT2D eigenvalue weighted by molar-refractivity contribution is 5.52. The fourth-order valence-electron chi connectivity index (χ4n) is 2.24. The Hall–Kier alpha value is -0.980. The smallest absolute Gasteiger partial charge is 0.0944 e. The van der Waals surface area contributed by atoms with Crippen molar-refractivity contribution in [3.05, 3.63) is 35.3 Å². The molecule has 0 amide bonds. The first-order valence-corrected chi connectivity index (χ1v) is 4.90. The zero-order chi connectivity index (χ0) is 9.47. The van der Waals surface area contributed by atoms with Crippen LogP contribution in [0.1, 0.15) is 33.6 Å². The van der Waals surface area contributed by atoms with Gasteiger partial charge in [-0.25, -0.2) is 0 Å². The Labute approximate surface area is 79.8 Å². The summed E-state index contributed by atoms with van der Waals surface area (Å²) < 4.78 is 5.24. The van der Waals surface area contributed by atoms with Crippen LogP contribution in [0.3, 0.4) is 0 Å². The van der Waals surface area contributed by atoms with Gasteiger partial charge in [0, 0.05) is 5.57 Å². The first kappa shape index (κ1) is 8.61. The standard InChI is InChI=1S/C12H16O/c1-4-9-7-12(2,3)11-8-13-6-5-10(9)11/h5-6,8H,4,7H2,1-3H3. The highest BCUT2D eigenvalue weighted by atomic mass is 16.5. The Bertz CT molecular complexity index is 316. The van der Waals surface area contributed by atoms with E-state index in [-0.39, 0.29) is 5.41 Å². The Morgan fingerprint density at radius 2 is 2.23 bits per heavy atom. The third-order valence-corrected chi connectivity index (χ3v) is 2.98. The highest BCUT2D eigenvalue weighted by Gasteiger charge is 2.35. The second-order valence-corrected chi connectivity index (χ2v) is 4.40. The minimum absolute atomic E-state index is 0.269. The second kappa shape index (κ2) is 2.76. The van der Waals surface area contributed by atoms with Crippen LogP contribution in [0.15, 0.2) is 35.3 Å². The van der Waals surface area contributed by atoms with Crippen LogP contribution < -0.4 is 0 Å². The van der Waals surface area contributed by atoms with Crippen molar-refractivity contribution in [2.75, 3.05) is 0 Å². The van der Waals surface area contributed by atoms with Gasteiger partial charge in [-0.1, -0.05) is 26.3 Å². The number of hydrogen-bond acceptors (Lipinski definition) is 1. The van der Waals surface area contributed by atoms with Crippen molar-refractivity contribution in [3.63, 3.8) is 0 Å². The van der Waals surface area contributed by atoms with E-state index in [2.05, 4.69) is 26.8 Å². The molecular weight excluding hydrogens is 160 g/mol. The molecule has 1 nitrogen and oxygen atoms in total. The molecule has 1 aliphatic carbocycles. The number of rotatable bonds is 1. The van der Waals surface area contributed by atoms with E-state index in [1.54, 1.807) is 11.8 Å². The monoisotopic (exact) mass is 176 g/mol. The van der Waals surface area contributed by atoms with Crippen molar-refractivity contribution in [2.24, 2.45) is 5.41 Å². The van der Waals surface area contributed by atoms with Crippen LogP contribution >= 0.6 is 0 Å². The van der Waals surface area contributed by atoms with Gasteiger partial charge >= 0.3 is 0 Å². The summed E-state index contributed by atoms with van der Waals surface area (Å²) in [5.74, 6) is 0. The molecule has 0 unspecified atom stereocenters. The lowest BCUT2D eigenvalue weighted by atomic mass is 9.84. The van der Waals surface area contributed by atoms with E-state index in [0.29, 0.717) is 0 Å². The summed E-state index contributed by atoms with van der Waals surface area (Å²) in [7, 11) is 0. The van der Waals surface area contributed by atoms with Gasteiger partial charge in [0.05, 0.1) is 12.5 Å². The lowest BCUT2D eigenvalue weighted by Crippen LogP contribution is -2.10. The summed E-state index contributed by atoms with van der Waals surface area (Å²) >= 11 is 0. The van der Waals surface area contributed by atoms with Gasteiger partial charge in [-0.3, -0.25) is 0 Å². The van der Waals surface area contributed by atoms with Crippen molar-refractivity contribution in [3.8, 4) is 0 Å². The molecule has 13 heavy (non-hydrogen) atoms. The summed E-state index contributed by atoms with van der Waals surface area (Å²) in [4.78, 5) is 0. The number of allylic oxidation sites excluding steroid dienone is 4. The number of hydrogen-bond donors (Lipinski definition) is 0. The summed E-state index contributed by atoms with van der Waals surface area (Å²) in [5, 5.41) is 0. The lowest BCUT2D eigenvalue weighted by molar-refractivity contribution is 0.369. The van der Waals surface area contributed by atoms with Gasteiger partial charge in [0.1, 0.15) is 0 Å². The molecule has 0 saturated heterocycles. The Morgan fingerprint density at radius 1 is 1.46 bits per heavy atom. The van der Waals surface area contributed by atoms with Crippen molar-refractivity contribution in [1.29, 1.82) is 0 Å². The minimum atomic E-state index is 0.269. The van der Waals surface area contributed by atoms with Gasteiger partial charge in [-0.15, -0.1) is 0 Å². The molecule has 1 heterocycles. The molecule has 2 aliphatic rings. The molecule has 0 spiro atoms. The summed E-state index contributed by atoms with van der Waals surface area (Å²) in [6, 6.07) is 0. The van der Waals surface area contributed by atoms with E-state index in [4.69, 9.17) is 4.74 Å². The van der Waals surface area contributed by atoms with Gasteiger partial charge in [-0.05, 0) is 29.9 Å². The molecule has 0 fully saturated rings. The SMILES string of the molecule is CCC1=C2C=COC=C2C(C)(C)C1. The van der Waals surface area contributed by atoms with Gasteiger partial charge in [0.15, 0.2) is 0 Å². The second-order valence-electron chi connectivity index (χ2n) is 4.40. The van der Waals surface area contributed by atoms with Crippen LogP contribution in [0.2, 0.25) is 0 Å². The molecule has 70 valence electrons. The molecule has 0 bridgehead atoms. The van der Waals surface area contributed by atoms with Crippen LogP contribution in [0.25, 0.3) is 0 Å². The number of fused-ring (bicyclic) bond motifs is 1. The van der Waals surface area contributed by atoms with Crippen molar-refractivity contribution in [1.82, 2.24) is 0 Å². The lowest BCUT2D eigenvalue weighted by Gasteiger charge is -2.22. The molecule has 0 N–H and O–H groups in total. The third-order valence-electron chi connectivity index (χ3n) is 2.98. The molecule has 0 atom stereocenters. The van der Waals surface area contributed by atoms with Crippen LogP contribution in [-0.2, 0) is 4.74 Å². The highest BCUT2D eigenvalue weighted by Crippen LogP contribution is 2.48. The number of ether oxygens (including phenoxy) is 1. The average molecular weight is 176 g/mol. The Balaban J connectivity index is 2.45. The Morgan fingerprint density at radius 3 is 2.92 bits per heavy atom. The first-order chi connectivity index (χ1) is 6.15. The van der Waals surface area contributed by atoms with E-state index >= 15 is 0 Å². The van der Waals surface area contributed by atoms with Gasteiger partial charge in [0.2, 0.25) is 0 Å².